The molecule has 0 fully saturated rings. The summed E-state index contributed by atoms with van der Waals surface area (Å²) in [4.78, 5) is 20.8. The zero-order chi connectivity index (χ0) is 33.0. The van der Waals surface area contributed by atoms with Crippen molar-refractivity contribution in [2.24, 2.45) is 0 Å². The zero-order valence-corrected chi connectivity index (χ0v) is 27.0. The van der Waals surface area contributed by atoms with E-state index >= 15 is 0 Å². The van der Waals surface area contributed by atoms with Crippen molar-refractivity contribution in [1.29, 1.82) is 0 Å². The molecule has 3 aromatic heterocycles. The average molecular weight is 640 g/mol. The Hall–Kier alpha value is -6.72. The maximum Gasteiger partial charge on any atom is 0.167 e. The van der Waals surface area contributed by atoms with Crippen molar-refractivity contribution in [3.63, 3.8) is 0 Å². The Morgan fingerprint density at radius 1 is 0.420 bits per heavy atom. The fourth-order valence-electron chi connectivity index (χ4n) is 7.57. The summed E-state index contributed by atoms with van der Waals surface area (Å²) in [7, 11) is 0. The Balaban J connectivity index is 1.29. The van der Waals surface area contributed by atoms with Gasteiger partial charge in [0.2, 0.25) is 0 Å². The van der Waals surface area contributed by atoms with E-state index in [9.17, 15) is 0 Å². The van der Waals surface area contributed by atoms with Crippen molar-refractivity contribution in [1.82, 2.24) is 24.5 Å². The molecule has 9 aromatic rings. The van der Waals surface area contributed by atoms with Gasteiger partial charge >= 0.3 is 0 Å². The largest absolute Gasteiger partial charge is 0.293 e. The first-order valence-corrected chi connectivity index (χ1v) is 16.9. The Morgan fingerprint density at radius 2 is 0.880 bits per heavy atom. The predicted octanol–water partition coefficient (Wildman–Crippen LogP) is 10.5. The third kappa shape index (κ3) is 4.48. The lowest BCUT2D eigenvalue weighted by molar-refractivity contribution is 0.972. The highest BCUT2D eigenvalue weighted by molar-refractivity contribution is 6.09. The molecule has 234 valence electrons. The molecule has 0 atom stereocenters. The van der Waals surface area contributed by atoms with Crippen LogP contribution in [0.3, 0.4) is 0 Å². The van der Waals surface area contributed by atoms with E-state index < -0.39 is 0 Å². The molecule has 0 aliphatic heterocycles. The number of aromatic nitrogens is 5. The van der Waals surface area contributed by atoms with Gasteiger partial charge in [-0.1, -0.05) is 146 Å². The molecule has 3 heterocycles. The molecule has 0 N–H and O–H groups in total. The highest BCUT2D eigenvalue weighted by atomic mass is 15.1. The molecule has 6 aromatic carbocycles. The van der Waals surface area contributed by atoms with E-state index in [0.717, 1.165) is 39.1 Å². The van der Waals surface area contributed by atoms with Gasteiger partial charge in [0.1, 0.15) is 5.82 Å². The number of hydrogen-bond acceptors (Lipinski definition) is 4. The third-order valence-electron chi connectivity index (χ3n) is 9.79. The molecule has 0 radical (unpaired) electrons. The number of hydrogen-bond donors (Lipinski definition) is 0. The molecule has 0 spiro atoms. The van der Waals surface area contributed by atoms with Crippen LogP contribution in [-0.2, 0) is 0 Å². The second-order valence-corrected chi connectivity index (χ2v) is 12.7. The van der Waals surface area contributed by atoms with Crippen molar-refractivity contribution in [2.75, 3.05) is 0 Å². The van der Waals surface area contributed by atoms with E-state index in [0.29, 0.717) is 17.5 Å². The Bertz CT molecular complexity index is 2560. The van der Waals surface area contributed by atoms with Gasteiger partial charge in [-0.25, -0.2) is 19.9 Å². The minimum atomic E-state index is 0.0184. The van der Waals surface area contributed by atoms with Crippen molar-refractivity contribution in [3.8, 4) is 51.1 Å². The van der Waals surface area contributed by atoms with E-state index in [1.807, 2.05) is 66.9 Å². The van der Waals surface area contributed by atoms with Gasteiger partial charge in [0.15, 0.2) is 17.5 Å². The summed E-state index contributed by atoms with van der Waals surface area (Å²) in [6.07, 6.45) is 2.04. The van der Waals surface area contributed by atoms with Gasteiger partial charge in [-0.3, -0.25) is 4.57 Å². The second-order valence-electron chi connectivity index (χ2n) is 12.7. The first-order chi connectivity index (χ1) is 24.8. The van der Waals surface area contributed by atoms with E-state index in [-0.39, 0.29) is 5.92 Å². The Morgan fingerprint density at radius 3 is 1.44 bits per heavy atom. The first-order valence-electron chi connectivity index (χ1n) is 16.9. The summed E-state index contributed by atoms with van der Waals surface area (Å²) in [5, 5.41) is 2.34. The lowest BCUT2D eigenvalue weighted by Crippen LogP contribution is -2.08. The summed E-state index contributed by atoms with van der Waals surface area (Å²) in [6.45, 7) is 0. The highest BCUT2D eigenvalue weighted by Gasteiger charge is 2.31. The molecule has 1 aliphatic carbocycles. The normalized spacial score (nSPS) is 12.3. The lowest BCUT2D eigenvalue weighted by atomic mass is 9.89. The van der Waals surface area contributed by atoms with E-state index in [2.05, 4.69) is 108 Å². The Labute approximate surface area is 289 Å². The number of rotatable bonds is 5. The van der Waals surface area contributed by atoms with Crippen LogP contribution in [0.15, 0.2) is 170 Å². The van der Waals surface area contributed by atoms with Gasteiger partial charge < -0.3 is 0 Å². The lowest BCUT2D eigenvalue weighted by Gasteiger charge is -2.18. The fraction of sp³-hybridized carbons (Fsp3) is 0.0222. The van der Waals surface area contributed by atoms with E-state index in [1.54, 1.807) is 0 Å². The van der Waals surface area contributed by atoms with Gasteiger partial charge in [0.25, 0.3) is 0 Å². The molecule has 0 saturated heterocycles. The Kier molecular flexibility index (Phi) is 6.49. The molecular formula is C45H29N5. The van der Waals surface area contributed by atoms with Crippen LogP contribution in [0.4, 0.5) is 0 Å². The van der Waals surface area contributed by atoms with Gasteiger partial charge in [-0.2, -0.15) is 0 Å². The summed E-state index contributed by atoms with van der Waals surface area (Å²) < 4.78 is 2.26. The van der Waals surface area contributed by atoms with Crippen molar-refractivity contribution in [3.05, 3.63) is 187 Å². The highest BCUT2D eigenvalue weighted by Crippen LogP contribution is 2.48. The van der Waals surface area contributed by atoms with Crippen LogP contribution in [0.2, 0.25) is 0 Å². The average Bonchev–Trinajstić information content (AvgIpc) is 3.71. The molecule has 0 amide bonds. The van der Waals surface area contributed by atoms with E-state index in [1.165, 1.54) is 33.0 Å². The molecule has 5 nitrogen and oxygen atoms in total. The minimum absolute atomic E-state index is 0.0184. The minimum Gasteiger partial charge on any atom is -0.293 e. The molecule has 10 rings (SSSR count). The quantitative estimate of drug-likeness (QED) is 0.188. The number of benzene rings is 6. The fourth-order valence-corrected chi connectivity index (χ4v) is 7.57. The summed E-state index contributed by atoms with van der Waals surface area (Å²) in [5.74, 6) is 2.59. The van der Waals surface area contributed by atoms with Gasteiger partial charge in [-0.15, -0.1) is 0 Å². The SMILES string of the molecule is c1ccc(-c2nc(-c3ccccc3)nc(-c3cc(C4c5ccccc5-c5ccccc54)cnc3-n3c4ccccc4c4ccccc43)n2)cc1. The molecule has 1 aliphatic rings. The number of fused-ring (bicyclic) bond motifs is 6. The van der Waals surface area contributed by atoms with Crippen LogP contribution in [0.5, 0.6) is 0 Å². The molecule has 0 bridgehead atoms. The smallest absolute Gasteiger partial charge is 0.167 e. The van der Waals surface area contributed by atoms with Crippen LogP contribution in [0.25, 0.3) is 72.9 Å². The van der Waals surface area contributed by atoms with Gasteiger partial charge in [0, 0.05) is 34.0 Å². The molecule has 0 unspecified atom stereocenters. The first kappa shape index (κ1) is 28.3. The van der Waals surface area contributed by atoms with Crippen molar-refractivity contribution in [2.45, 2.75) is 5.92 Å². The topological polar surface area (TPSA) is 56.5 Å². The van der Waals surface area contributed by atoms with Crippen LogP contribution < -0.4 is 0 Å². The standard InChI is InChI=1S/C45H29N5/c1-3-15-29(16-4-1)42-47-43(30-17-5-2-6-18-30)49-44(48-42)38-27-31(41-36-23-9-7-19-32(36)33-20-8-10-24-37(33)41)28-46-45(38)50-39-25-13-11-21-34(39)35-22-12-14-26-40(35)50/h1-28,41H. The summed E-state index contributed by atoms with van der Waals surface area (Å²) in [5.41, 5.74) is 11.0. The molecule has 5 heteroatoms. The molecule has 0 saturated carbocycles. The number of pyridine rings is 1. The number of nitrogens with zero attached hydrogens (tertiary/aromatic N) is 5. The second kappa shape index (κ2) is 11.5. The van der Waals surface area contributed by atoms with Crippen LogP contribution in [0, 0.1) is 0 Å². The van der Waals surface area contributed by atoms with Crippen LogP contribution in [-0.4, -0.2) is 24.5 Å². The van der Waals surface area contributed by atoms with Crippen LogP contribution >= 0.6 is 0 Å². The van der Waals surface area contributed by atoms with E-state index in [4.69, 9.17) is 19.9 Å². The van der Waals surface area contributed by atoms with Gasteiger partial charge in [-0.05, 0) is 46.0 Å². The predicted molar refractivity (Wildman–Crippen MR) is 201 cm³/mol. The number of para-hydroxylation sites is 2. The van der Waals surface area contributed by atoms with Crippen LogP contribution in [0.1, 0.15) is 22.6 Å². The summed E-state index contributed by atoms with van der Waals surface area (Å²) >= 11 is 0. The maximum absolute atomic E-state index is 5.36. The zero-order valence-electron chi connectivity index (χ0n) is 27.0. The van der Waals surface area contributed by atoms with Crippen molar-refractivity contribution < 1.29 is 0 Å². The third-order valence-corrected chi connectivity index (χ3v) is 9.79. The molecule has 50 heavy (non-hydrogen) atoms. The summed E-state index contributed by atoms with van der Waals surface area (Å²) in [6, 6.07) is 57.0. The van der Waals surface area contributed by atoms with Gasteiger partial charge in [0.05, 0.1) is 16.6 Å². The monoisotopic (exact) mass is 639 g/mol. The van der Waals surface area contributed by atoms with Crippen molar-refractivity contribution >= 4 is 21.8 Å². The molecular weight excluding hydrogens is 611 g/mol. The maximum atomic E-state index is 5.36.